The zero-order valence-corrected chi connectivity index (χ0v) is 30.3. The van der Waals surface area contributed by atoms with Gasteiger partial charge in [0.2, 0.25) is 0 Å². The van der Waals surface area contributed by atoms with E-state index in [0.29, 0.717) is 0 Å². The summed E-state index contributed by atoms with van der Waals surface area (Å²) in [6, 6.07) is 69.8. The molecule has 0 amide bonds. The number of hydrogen-bond donors (Lipinski definition) is 0. The number of hydrogen-bond acceptors (Lipinski definition) is 2. The molecule has 0 aliphatic heterocycles. The van der Waals surface area contributed by atoms with Crippen molar-refractivity contribution in [1.29, 1.82) is 0 Å². The van der Waals surface area contributed by atoms with Gasteiger partial charge in [0.15, 0.2) is 0 Å². The lowest BCUT2D eigenvalue weighted by Crippen LogP contribution is -1.94. The van der Waals surface area contributed by atoms with Crippen LogP contribution in [0.1, 0.15) is 0 Å². The molecule has 2 aromatic heterocycles. The van der Waals surface area contributed by atoms with Crippen molar-refractivity contribution < 1.29 is 8.83 Å². The topological polar surface area (TPSA) is 26.3 Å². The second-order valence-corrected chi connectivity index (χ2v) is 14.7. The summed E-state index contributed by atoms with van der Waals surface area (Å²) in [6.45, 7) is 0. The fourth-order valence-electron chi connectivity index (χ4n) is 9.24. The average molecular weight is 713 g/mol. The highest BCUT2D eigenvalue weighted by molar-refractivity contribution is 6.24. The second-order valence-electron chi connectivity index (χ2n) is 14.7. The summed E-state index contributed by atoms with van der Waals surface area (Å²) in [6.07, 6.45) is 0. The smallest absolute Gasteiger partial charge is 0.143 e. The molecule has 0 spiro atoms. The van der Waals surface area contributed by atoms with Gasteiger partial charge in [-0.25, -0.2) is 0 Å². The standard InChI is InChI=1S/C54H32O2/c1-2-15-34(16-3-1)51-35-17-5-4-14-33(35)30-31-46(51)52-40-22-10-20-36(42-24-12-26-44-38-18-6-8-28-49(38)55-53(42)44)47(40)32-48-37(21-11-23-41(48)52)43-25-13-27-45-39-19-7-9-29-50(39)56-54(43)45/h1-32H. The van der Waals surface area contributed by atoms with Gasteiger partial charge in [-0.05, 0) is 83.9 Å². The van der Waals surface area contributed by atoms with Crippen LogP contribution >= 0.6 is 0 Å². The molecule has 260 valence electrons. The van der Waals surface area contributed by atoms with Gasteiger partial charge in [0.05, 0.1) is 0 Å². The first-order valence-electron chi connectivity index (χ1n) is 19.2. The van der Waals surface area contributed by atoms with Gasteiger partial charge in [-0.2, -0.15) is 0 Å². The molecule has 2 heterocycles. The minimum absolute atomic E-state index is 0.895. The van der Waals surface area contributed by atoms with Gasteiger partial charge in [0.1, 0.15) is 22.3 Å². The van der Waals surface area contributed by atoms with Crippen LogP contribution in [0.25, 0.3) is 121 Å². The molecule has 12 aromatic rings. The van der Waals surface area contributed by atoms with Crippen molar-refractivity contribution in [3.8, 4) is 44.5 Å². The molecular weight excluding hydrogens is 681 g/mol. The highest BCUT2D eigenvalue weighted by Gasteiger charge is 2.22. The largest absolute Gasteiger partial charge is 0.455 e. The van der Waals surface area contributed by atoms with Crippen LogP contribution in [0.4, 0.5) is 0 Å². The van der Waals surface area contributed by atoms with E-state index in [9.17, 15) is 0 Å². The molecule has 0 saturated carbocycles. The van der Waals surface area contributed by atoms with Crippen molar-refractivity contribution in [3.63, 3.8) is 0 Å². The molecule has 0 N–H and O–H groups in total. The number of furan rings is 2. The van der Waals surface area contributed by atoms with Gasteiger partial charge in [-0.3, -0.25) is 0 Å². The predicted molar refractivity (Wildman–Crippen MR) is 235 cm³/mol. The fraction of sp³-hybridized carbons (Fsp3) is 0. The lowest BCUT2D eigenvalue weighted by Gasteiger charge is -2.20. The Hall–Kier alpha value is -7.42. The zero-order chi connectivity index (χ0) is 36.7. The molecule has 56 heavy (non-hydrogen) atoms. The quantitative estimate of drug-likeness (QED) is 0.170. The van der Waals surface area contributed by atoms with Gasteiger partial charge >= 0.3 is 0 Å². The van der Waals surface area contributed by atoms with E-state index in [4.69, 9.17) is 8.83 Å². The van der Waals surface area contributed by atoms with Crippen LogP contribution in [0.2, 0.25) is 0 Å². The molecule has 0 aliphatic rings. The minimum atomic E-state index is 0.895. The van der Waals surface area contributed by atoms with Crippen LogP contribution < -0.4 is 0 Å². The minimum Gasteiger partial charge on any atom is -0.455 e. The summed E-state index contributed by atoms with van der Waals surface area (Å²) in [5.41, 5.74) is 12.8. The third kappa shape index (κ3) is 4.50. The van der Waals surface area contributed by atoms with E-state index in [2.05, 4.69) is 182 Å². The molecule has 0 radical (unpaired) electrons. The van der Waals surface area contributed by atoms with Crippen molar-refractivity contribution in [2.75, 3.05) is 0 Å². The van der Waals surface area contributed by atoms with Crippen LogP contribution in [-0.4, -0.2) is 0 Å². The maximum Gasteiger partial charge on any atom is 0.143 e. The van der Waals surface area contributed by atoms with Gasteiger partial charge in [0, 0.05) is 32.7 Å². The third-order valence-electron chi connectivity index (χ3n) is 11.7. The highest BCUT2D eigenvalue weighted by atomic mass is 16.3. The Morgan fingerprint density at radius 1 is 0.250 bits per heavy atom. The molecule has 0 fully saturated rings. The number of rotatable bonds is 4. The van der Waals surface area contributed by atoms with Crippen LogP contribution in [-0.2, 0) is 0 Å². The molecule has 12 rings (SSSR count). The van der Waals surface area contributed by atoms with E-state index in [1.54, 1.807) is 0 Å². The fourth-order valence-corrected chi connectivity index (χ4v) is 9.24. The highest BCUT2D eigenvalue weighted by Crippen LogP contribution is 2.49. The monoisotopic (exact) mass is 712 g/mol. The van der Waals surface area contributed by atoms with Crippen LogP contribution in [0.5, 0.6) is 0 Å². The van der Waals surface area contributed by atoms with Crippen molar-refractivity contribution in [2.24, 2.45) is 0 Å². The van der Waals surface area contributed by atoms with Crippen molar-refractivity contribution in [1.82, 2.24) is 0 Å². The lowest BCUT2D eigenvalue weighted by atomic mass is 9.82. The maximum atomic E-state index is 6.67. The summed E-state index contributed by atoms with van der Waals surface area (Å²) in [4.78, 5) is 0. The van der Waals surface area contributed by atoms with Crippen LogP contribution in [0.15, 0.2) is 203 Å². The second kappa shape index (κ2) is 12.0. The SMILES string of the molecule is c1ccc(-c2c(-c3c4cccc(-c5cccc6c5oc5ccccc56)c4cc4c(-c5cccc6c5oc5ccccc56)cccc34)ccc3ccccc23)cc1. The van der Waals surface area contributed by atoms with Crippen molar-refractivity contribution in [3.05, 3.63) is 194 Å². The van der Waals surface area contributed by atoms with Crippen LogP contribution in [0.3, 0.4) is 0 Å². The van der Waals surface area contributed by atoms with E-state index >= 15 is 0 Å². The number of benzene rings is 10. The molecule has 0 unspecified atom stereocenters. The average Bonchev–Trinajstić information content (AvgIpc) is 3.84. The summed E-state index contributed by atoms with van der Waals surface area (Å²) in [5.74, 6) is 0. The lowest BCUT2D eigenvalue weighted by molar-refractivity contribution is 0.669. The molecule has 2 nitrogen and oxygen atoms in total. The van der Waals surface area contributed by atoms with Gasteiger partial charge in [-0.15, -0.1) is 0 Å². The molecule has 0 saturated heterocycles. The Morgan fingerprint density at radius 3 is 1.30 bits per heavy atom. The van der Waals surface area contributed by atoms with Crippen molar-refractivity contribution in [2.45, 2.75) is 0 Å². The first kappa shape index (κ1) is 31.0. The van der Waals surface area contributed by atoms with Gasteiger partial charge < -0.3 is 8.83 Å². The van der Waals surface area contributed by atoms with E-state index in [1.807, 2.05) is 12.1 Å². The Labute approximate surface area is 322 Å². The molecular formula is C54H32O2. The molecule has 0 bridgehead atoms. The summed E-state index contributed by atoms with van der Waals surface area (Å²) < 4.78 is 13.3. The Balaban J connectivity index is 1.25. The molecule has 2 heteroatoms. The van der Waals surface area contributed by atoms with E-state index < -0.39 is 0 Å². The number of fused-ring (bicyclic) bond motifs is 9. The molecule has 10 aromatic carbocycles. The van der Waals surface area contributed by atoms with E-state index in [-0.39, 0.29) is 0 Å². The van der Waals surface area contributed by atoms with E-state index in [0.717, 1.165) is 66.1 Å². The van der Waals surface area contributed by atoms with Gasteiger partial charge in [-0.1, -0.05) is 176 Å². The number of para-hydroxylation sites is 4. The third-order valence-corrected chi connectivity index (χ3v) is 11.7. The maximum absolute atomic E-state index is 6.67. The predicted octanol–water partition coefficient (Wildman–Crippen LogP) is 15.6. The first-order chi connectivity index (χ1) is 27.8. The Bertz CT molecular complexity index is 3360. The summed E-state index contributed by atoms with van der Waals surface area (Å²) in [7, 11) is 0. The Morgan fingerprint density at radius 2 is 0.714 bits per heavy atom. The van der Waals surface area contributed by atoms with Crippen molar-refractivity contribution >= 4 is 76.2 Å². The normalized spacial score (nSPS) is 11.9. The first-order valence-corrected chi connectivity index (χ1v) is 19.2. The summed E-state index contributed by atoms with van der Waals surface area (Å²) >= 11 is 0. The molecule has 0 aliphatic carbocycles. The van der Waals surface area contributed by atoms with Gasteiger partial charge in [0.25, 0.3) is 0 Å². The summed E-state index contributed by atoms with van der Waals surface area (Å²) in [5, 5.41) is 11.6. The molecule has 0 atom stereocenters. The Kier molecular flexibility index (Phi) is 6.66. The van der Waals surface area contributed by atoms with E-state index in [1.165, 1.54) is 54.6 Å². The zero-order valence-electron chi connectivity index (χ0n) is 30.3. The van der Waals surface area contributed by atoms with Crippen LogP contribution in [0, 0.1) is 0 Å².